The van der Waals surface area contributed by atoms with E-state index in [-0.39, 0.29) is 0 Å². The highest BCUT2D eigenvalue weighted by molar-refractivity contribution is 8.14. The number of hydrogen-bond donors (Lipinski definition) is 1. The third-order valence-corrected chi connectivity index (χ3v) is 5.37. The maximum atomic E-state index is 4.64. The van der Waals surface area contributed by atoms with Gasteiger partial charge in [-0.05, 0) is 30.2 Å². The fourth-order valence-corrected chi connectivity index (χ4v) is 4.08. The van der Waals surface area contributed by atoms with E-state index in [0.29, 0.717) is 5.25 Å². The SMILES string of the molecule is CC1CCC(CNC2=NCC(c3ccccc3)S2)C1. The zero-order chi connectivity index (χ0) is 13.1. The molecule has 0 spiro atoms. The first-order valence-electron chi connectivity index (χ1n) is 7.31. The van der Waals surface area contributed by atoms with Crippen molar-refractivity contribution >= 4 is 16.9 Å². The lowest BCUT2D eigenvalue weighted by Crippen LogP contribution is -2.25. The molecule has 1 aromatic carbocycles. The Kier molecular flexibility index (Phi) is 4.12. The van der Waals surface area contributed by atoms with Crippen molar-refractivity contribution in [2.75, 3.05) is 13.1 Å². The second kappa shape index (κ2) is 6.00. The van der Waals surface area contributed by atoms with Crippen molar-refractivity contribution in [1.82, 2.24) is 5.32 Å². The Morgan fingerprint density at radius 3 is 2.84 bits per heavy atom. The first kappa shape index (κ1) is 13.0. The maximum absolute atomic E-state index is 4.64. The first-order valence-corrected chi connectivity index (χ1v) is 8.19. The average molecular weight is 274 g/mol. The molecular weight excluding hydrogens is 252 g/mol. The van der Waals surface area contributed by atoms with Crippen molar-refractivity contribution in [1.29, 1.82) is 0 Å². The third-order valence-electron chi connectivity index (χ3n) is 4.17. The van der Waals surface area contributed by atoms with Gasteiger partial charge in [-0.2, -0.15) is 0 Å². The molecule has 19 heavy (non-hydrogen) atoms. The summed E-state index contributed by atoms with van der Waals surface area (Å²) < 4.78 is 0. The Hall–Kier alpha value is -0.960. The normalized spacial score (nSPS) is 30.4. The van der Waals surface area contributed by atoms with Crippen LogP contribution in [-0.4, -0.2) is 18.3 Å². The number of thioether (sulfide) groups is 1. The van der Waals surface area contributed by atoms with E-state index in [9.17, 15) is 0 Å². The summed E-state index contributed by atoms with van der Waals surface area (Å²) in [6, 6.07) is 10.7. The lowest BCUT2D eigenvalue weighted by molar-refractivity contribution is 0.508. The summed E-state index contributed by atoms with van der Waals surface area (Å²) in [5.41, 5.74) is 1.39. The highest BCUT2D eigenvalue weighted by Crippen LogP contribution is 2.35. The van der Waals surface area contributed by atoms with Gasteiger partial charge in [-0.25, -0.2) is 0 Å². The van der Waals surface area contributed by atoms with Crippen molar-refractivity contribution in [3.8, 4) is 0 Å². The molecule has 3 rings (SSSR count). The van der Waals surface area contributed by atoms with Crippen molar-refractivity contribution in [2.45, 2.75) is 31.4 Å². The van der Waals surface area contributed by atoms with E-state index in [2.05, 4.69) is 47.6 Å². The monoisotopic (exact) mass is 274 g/mol. The Balaban J connectivity index is 1.47. The predicted molar refractivity (Wildman–Crippen MR) is 83.6 cm³/mol. The number of hydrogen-bond acceptors (Lipinski definition) is 3. The smallest absolute Gasteiger partial charge is 0.157 e. The molecule has 3 unspecified atom stereocenters. The average Bonchev–Trinajstić information content (AvgIpc) is 3.06. The summed E-state index contributed by atoms with van der Waals surface area (Å²) >= 11 is 1.89. The maximum Gasteiger partial charge on any atom is 0.157 e. The van der Waals surface area contributed by atoms with E-state index in [0.717, 1.165) is 30.1 Å². The number of nitrogens with one attached hydrogen (secondary N) is 1. The minimum absolute atomic E-state index is 0.506. The molecule has 0 bridgehead atoms. The van der Waals surface area contributed by atoms with E-state index in [1.165, 1.54) is 24.8 Å². The van der Waals surface area contributed by atoms with Crippen LogP contribution in [0.3, 0.4) is 0 Å². The number of rotatable bonds is 3. The van der Waals surface area contributed by atoms with Gasteiger partial charge in [0, 0.05) is 6.54 Å². The molecule has 0 amide bonds. The van der Waals surface area contributed by atoms with Gasteiger partial charge in [0.25, 0.3) is 0 Å². The van der Waals surface area contributed by atoms with Gasteiger partial charge in [0.1, 0.15) is 0 Å². The van der Waals surface area contributed by atoms with Gasteiger partial charge in [0.15, 0.2) is 5.17 Å². The predicted octanol–water partition coefficient (Wildman–Crippen LogP) is 3.86. The molecule has 102 valence electrons. The lowest BCUT2D eigenvalue weighted by atomic mass is 10.1. The van der Waals surface area contributed by atoms with E-state index in [4.69, 9.17) is 0 Å². The van der Waals surface area contributed by atoms with Crippen LogP contribution in [0.25, 0.3) is 0 Å². The summed E-state index contributed by atoms with van der Waals surface area (Å²) in [6.07, 6.45) is 4.17. The van der Waals surface area contributed by atoms with E-state index < -0.39 is 0 Å². The van der Waals surface area contributed by atoms with E-state index in [1.54, 1.807) is 0 Å². The topological polar surface area (TPSA) is 24.4 Å². The Morgan fingerprint density at radius 1 is 1.26 bits per heavy atom. The van der Waals surface area contributed by atoms with Crippen LogP contribution in [-0.2, 0) is 0 Å². The quantitative estimate of drug-likeness (QED) is 0.905. The van der Waals surface area contributed by atoms with Crippen LogP contribution in [0, 0.1) is 11.8 Å². The molecule has 3 heteroatoms. The van der Waals surface area contributed by atoms with Gasteiger partial charge in [-0.1, -0.05) is 55.4 Å². The van der Waals surface area contributed by atoms with Gasteiger partial charge in [0.2, 0.25) is 0 Å². The molecule has 1 aromatic rings. The van der Waals surface area contributed by atoms with E-state index in [1.807, 2.05) is 11.8 Å². The molecule has 1 aliphatic carbocycles. The number of benzene rings is 1. The molecule has 1 saturated carbocycles. The molecule has 2 nitrogen and oxygen atoms in total. The minimum Gasteiger partial charge on any atom is -0.365 e. The molecular formula is C16H22N2S. The molecule has 2 aliphatic rings. The zero-order valence-corrected chi connectivity index (χ0v) is 12.3. The van der Waals surface area contributed by atoms with Crippen LogP contribution in [0.4, 0.5) is 0 Å². The minimum atomic E-state index is 0.506. The summed E-state index contributed by atoms with van der Waals surface area (Å²) in [4.78, 5) is 4.64. The third kappa shape index (κ3) is 3.33. The molecule has 1 aliphatic heterocycles. The van der Waals surface area contributed by atoms with Crippen LogP contribution in [0.5, 0.6) is 0 Å². The molecule has 0 radical (unpaired) electrons. The first-order chi connectivity index (χ1) is 9.31. The fraction of sp³-hybridized carbons (Fsp3) is 0.562. The molecule has 1 N–H and O–H groups in total. The number of aliphatic imine (C=N–C) groups is 1. The van der Waals surface area contributed by atoms with Gasteiger partial charge in [0.05, 0.1) is 11.8 Å². The van der Waals surface area contributed by atoms with Crippen LogP contribution in [0.15, 0.2) is 35.3 Å². The van der Waals surface area contributed by atoms with Crippen molar-refractivity contribution in [3.63, 3.8) is 0 Å². The standard InChI is InChI=1S/C16H22N2S/c1-12-7-8-13(9-12)10-17-16-18-11-15(19-16)14-5-3-2-4-6-14/h2-6,12-13,15H,7-11H2,1H3,(H,17,18). The van der Waals surface area contributed by atoms with Crippen LogP contribution >= 0.6 is 11.8 Å². The highest BCUT2D eigenvalue weighted by atomic mass is 32.2. The van der Waals surface area contributed by atoms with Crippen molar-refractivity contribution in [2.24, 2.45) is 16.8 Å². The van der Waals surface area contributed by atoms with Crippen LogP contribution in [0.2, 0.25) is 0 Å². The summed E-state index contributed by atoms with van der Waals surface area (Å²) in [5.74, 6) is 1.77. The summed E-state index contributed by atoms with van der Waals surface area (Å²) in [7, 11) is 0. The molecule has 0 aromatic heterocycles. The van der Waals surface area contributed by atoms with Gasteiger partial charge in [-0.3, -0.25) is 4.99 Å². The summed E-state index contributed by atoms with van der Waals surface area (Å²) in [5, 5.41) is 5.21. The fourth-order valence-electron chi connectivity index (χ4n) is 3.06. The summed E-state index contributed by atoms with van der Waals surface area (Å²) in [6.45, 7) is 4.39. The number of amidine groups is 1. The van der Waals surface area contributed by atoms with Crippen LogP contribution < -0.4 is 5.32 Å². The molecule has 1 fully saturated rings. The van der Waals surface area contributed by atoms with Crippen molar-refractivity contribution in [3.05, 3.63) is 35.9 Å². The zero-order valence-electron chi connectivity index (χ0n) is 11.5. The second-order valence-corrected chi connectivity index (χ2v) is 7.02. The van der Waals surface area contributed by atoms with E-state index >= 15 is 0 Å². The molecule has 0 saturated heterocycles. The molecule has 1 heterocycles. The Labute approximate surface area is 120 Å². The number of nitrogens with zero attached hydrogens (tertiary/aromatic N) is 1. The molecule has 3 atom stereocenters. The van der Waals surface area contributed by atoms with Gasteiger partial charge < -0.3 is 5.32 Å². The van der Waals surface area contributed by atoms with Crippen LogP contribution in [0.1, 0.15) is 37.0 Å². The lowest BCUT2D eigenvalue weighted by Gasteiger charge is -2.12. The Morgan fingerprint density at radius 2 is 2.11 bits per heavy atom. The second-order valence-electron chi connectivity index (χ2n) is 5.83. The van der Waals surface area contributed by atoms with Crippen molar-refractivity contribution < 1.29 is 0 Å². The van der Waals surface area contributed by atoms with Gasteiger partial charge >= 0.3 is 0 Å². The van der Waals surface area contributed by atoms with Gasteiger partial charge in [-0.15, -0.1) is 0 Å². The largest absolute Gasteiger partial charge is 0.365 e. The highest BCUT2D eigenvalue weighted by Gasteiger charge is 2.24. The Bertz CT molecular complexity index is 443.